The van der Waals surface area contributed by atoms with Gasteiger partial charge in [0, 0.05) is 14.2 Å². The Labute approximate surface area is 43.6 Å². The van der Waals surface area contributed by atoms with Gasteiger partial charge in [-0.3, -0.25) is 5.32 Å². The molecule has 0 bridgehead atoms. The molecule has 0 aromatic carbocycles. The van der Waals surface area contributed by atoms with Crippen LogP contribution in [0.4, 0.5) is 0 Å². The van der Waals surface area contributed by atoms with E-state index in [0.29, 0.717) is 13.5 Å². The lowest BCUT2D eigenvalue weighted by atomic mass is 11.1. The van der Waals surface area contributed by atoms with Crippen molar-refractivity contribution in [3.8, 4) is 0 Å². The molecule has 0 atom stereocenters. The second-order valence-electron chi connectivity index (χ2n) is 1.12. The van der Waals surface area contributed by atoms with Crippen LogP contribution in [0.15, 0.2) is 0 Å². The predicted molar refractivity (Wildman–Crippen MR) is 26.9 cm³/mol. The van der Waals surface area contributed by atoms with Crippen LogP contribution < -0.4 is 5.32 Å². The Kier molecular flexibility index (Phi) is 5.78. The van der Waals surface area contributed by atoms with Crippen LogP contribution >= 0.6 is 0 Å². The van der Waals surface area contributed by atoms with Crippen molar-refractivity contribution in [1.82, 2.24) is 5.32 Å². The summed E-state index contributed by atoms with van der Waals surface area (Å²) in [7, 11) is 3.26. The molecule has 0 rings (SSSR count). The first-order chi connectivity index (χ1) is 3.41. The van der Waals surface area contributed by atoms with Crippen LogP contribution in [0.5, 0.6) is 0 Å². The fourth-order valence-corrected chi connectivity index (χ4v) is 0.246. The fourth-order valence-electron chi connectivity index (χ4n) is 0.246. The molecule has 44 valence electrons. The third kappa shape index (κ3) is 5.88. The molecule has 0 fully saturated rings. The number of rotatable bonds is 4. The quantitative estimate of drug-likeness (QED) is 0.396. The molecule has 3 nitrogen and oxygen atoms in total. The molecule has 0 aliphatic heterocycles. The smallest absolute Gasteiger partial charge is 0.0978 e. The van der Waals surface area contributed by atoms with Crippen LogP contribution in [0.25, 0.3) is 0 Å². The Balaban J connectivity index is 2.45. The first-order valence-electron chi connectivity index (χ1n) is 2.10. The van der Waals surface area contributed by atoms with Crippen molar-refractivity contribution in [2.75, 3.05) is 27.7 Å². The van der Waals surface area contributed by atoms with Gasteiger partial charge in [-0.05, 0) is 0 Å². The Morgan fingerprint density at radius 3 is 1.86 bits per heavy atom. The minimum atomic E-state index is 0.549. The molecule has 0 aromatic rings. The molecular formula is C4H11NO2. The van der Waals surface area contributed by atoms with Gasteiger partial charge in [0.1, 0.15) is 0 Å². The van der Waals surface area contributed by atoms with E-state index in [-0.39, 0.29) is 0 Å². The average molecular weight is 105 g/mol. The van der Waals surface area contributed by atoms with Crippen LogP contribution in [-0.2, 0) is 9.47 Å². The van der Waals surface area contributed by atoms with Gasteiger partial charge in [-0.1, -0.05) is 0 Å². The van der Waals surface area contributed by atoms with E-state index < -0.39 is 0 Å². The first kappa shape index (κ1) is 6.88. The van der Waals surface area contributed by atoms with Crippen LogP contribution in [0, 0.1) is 0 Å². The topological polar surface area (TPSA) is 30.5 Å². The Morgan fingerprint density at radius 1 is 1.14 bits per heavy atom. The second kappa shape index (κ2) is 5.88. The maximum Gasteiger partial charge on any atom is 0.0978 e. The van der Waals surface area contributed by atoms with E-state index in [0.717, 1.165) is 0 Å². The first-order valence-corrected chi connectivity index (χ1v) is 2.10. The monoisotopic (exact) mass is 105 g/mol. The summed E-state index contributed by atoms with van der Waals surface area (Å²) < 4.78 is 9.31. The highest BCUT2D eigenvalue weighted by atomic mass is 16.5. The molecule has 0 aliphatic rings. The molecule has 0 spiro atoms. The zero-order chi connectivity index (χ0) is 5.54. The molecule has 1 N–H and O–H groups in total. The van der Waals surface area contributed by atoms with Gasteiger partial charge in [0.05, 0.1) is 13.5 Å². The Morgan fingerprint density at radius 2 is 1.57 bits per heavy atom. The van der Waals surface area contributed by atoms with Crippen molar-refractivity contribution < 1.29 is 9.47 Å². The lowest BCUT2D eigenvalue weighted by Crippen LogP contribution is -2.18. The van der Waals surface area contributed by atoms with Gasteiger partial charge >= 0.3 is 0 Å². The van der Waals surface area contributed by atoms with Crippen LogP contribution in [0.1, 0.15) is 0 Å². The maximum absolute atomic E-state index is 4.65. The number of hydrogen-bond acceptors (Lipinski definition) is 3. The van der Waals surface area contributed by atoms with Crippen molar-refractivity contribution in [2.45, 2.75) is 0 Å². The zero-order valence-corrected chi connectivity index (χ0v) is 4.73. The highest BCUT2D eigenvalue weighted by Gasteiger charge is 1.75. The summed E-state index contributed by atoms with van der Waals surface area (Å²) in [6.07, 6.45) is 0. The van der Waals surface area contributed by atoms with E-state index in [1.807, 2.05) is 0 Å². The highest BCUT2D eigenvalue weighted by molar-refractivity contribution is 4.18. The number of nitrogens with one attached hydrogen (secondary N) is 1. The molecule has 0 amide bonds. The molecule has 0 saturated carbocycles. The minimum Gasteiger partial charge on any atom is -0.369 e. The van der Waals surface area contributed by atoms with Crippen LogP contribution in [0.2, 0.25) is 0 Å². The van der Waals surface area contributed by atoms with Crippen molar-refractivity contribution in [1.29, 1.82) is 0 Å². The van der Waals surface area contributed by atoms with Gasteiger partial charge in [-0.15, -0.1) is 0 Å². The third-order valence-electron chi connectivity index (χ3n) is 0.493. The summed E-state index contributed by atoms with van der Waals surface area (Å²) in [6.45, 7) is 1.10. The van der Waals surface area contributed by atoms with Crippen LogP contribution in [0.3, 0.4) is 0 Å². The molecule has 0 radical (unpaired) electrons. The Hall–Kier alpha value is -0.120. The van der Waals surface area contributed by atoms with Gasteiger partial charge in [0.25, 0.3) is 0 Å². The maximum atomic E-state index is 4.65. The summed E-state index contributed by atoms with van der Waals surface area (Å²) in [5.41, 5.74) is 0. The van der Waals surface area contributed by atoms with Crippen LogP contribution in [-0.4, -0.2) is 27.7 Å². The van der Waals surface area contributed by atoms with Gasteiger partial charge in [-0.25, -0.2) is 0 Å². The van der Waals surface area contributed by atoms with E-state index >= 15 is 0 Å². The van der Waals surface area contributed by atoms with Crippen molar-refractivity contribution in [2.24, 2.45) is 0 Å². The van der Waals surface area contributed by atoms with E-state index in [1.165, 1.54) is 0 Å². The third-order valence-corrected chi connectivity index (χ3v) is 0.493. The minimum absolute atomic E-state index is 0.549. The average Bonchev–Trinajstić information content (AvgIpc) is 1.69. The highest BCUT2D eigenvalue weighted by Crippen LogP contribution is 1.59. The summed E-state index contributed by atoms with van der Waals surface area (Å²) in [6, 6.07) is 0. The Bertz CT molecular complexity index is 28.9. The summed E-state index contributed by atoms with van der Waals surface area (Å²) in [5.74, 6) is 0. The SMILES string of the molecule is COCNCOC. The van der Waals surface area contributed by atoms with Crippen molar-refractivity contribution >= 4 is 0 Å². The van der Waals surface area contributed by atoms with Crippen molar-refractivity contribution in [3.05, 3.63) is 0 Å². The normalized spacial score (nSPS) is 9.43. The number of hydrogen-bond donors (Lipinski definition) is 1. The largest absolute Gasteiger partial charge is 0.369 e. The van der Waals surface area contributed by atoms with Gasteiger partial charge < -0.3 is 9.47 Å². The lowest BCUT2D eigenvalue weighted by Gasteiger charge is -1.98. The van der Waals surface area contributed by atoms with E-state index in [1.54, 1.807) is 14.2 Å². The summed E-state index contributed by atoms with van der Waals surface area (Å²) in [5, 5.41) is 2.84. The predicted octanol–water partition coefficient (Wildman–Crippen LogP) is -0.216. The fraction of sp³-hybridized carbons (Fsp3) is 1.00. The molecule has 0 aromatic heterocycles. The number of ether oxygens (including phenoxy) is 2. The molecule has 0 aliphatic carbocycles. The molecule has 3 heteroatoms. The second-order valence-corrected chi connectivity index (χ2v) is 1.12. The molecular weight excluding hydrogens is 94.0 g/mol. The summed E-state index contributed by atoms with van der Waals surface area (Å²) >= 11 is 0. The zero-order valence-electron chi connectivity index (χ0n) is 4.73. The van der Waals surface area contributed by atoms with E-state index in [2.05, 4.69) is 14.8 Å². The summed E-state index contributed by atoms with van der Waals surface area (Å²) in [4.78, 5) is 0. The molecule has 0 heterocycles. The number of methoxy groups -OCH3 is 2. The molecule has 0 unspecified atom stereocenters. The molecule has 7 heavy (non-hydrogen) atoms. The standard InChI is InChI=1S/C4H11NO2/c1-6-3-5-4-7-2/h5H,3-4H2,1-2H3. The van der Waals surface area contributed by atoms with Gasteiger partial charge in [-0.2, -0.15) is 0 Å². The van der Waals surface area contributed by atoms with Gasteiger partial charge in [0.2, 0.25) is 0 Å². The van der Waals surface area contributed by atoms with Gasteiger partial charge in [0.15, 0.2) is 0 Å². The van der Waals surface area contributed by atoms with E-state index in [4.69, 9.17) is 0 Å². The lowest BCUT2D eigenvalue weighted by molar-refractivity contribution is 0.110. The van der Waals surface area contributed by atoms with E-state index in [9.17, 15) is 0 Å². The molecule has 0 saturated heterocycles. The van der Waals surface area contributed by atoms with Crippen molar-refractivity contribution in [3.63, 3.8) is 0 Å².